The van der Waals surface area contributed by atoms with Crippen molar-refractivity contribution in [2.45, 2.75) is 13.0 Å². The van der Waals surface area contributed by atoms with E-state index < -0.39 is 0 Å². The van der Waals surface area contributed by atoms with Gasteiger partial charge in [0.25, 0.3) is 0 Å². The summed E-state index contributed by atoms with van der Waals surface area (Å²) < 4.78 is 5.16. The fraction of sp³-hybridized carbons (Fsp3) is 0.545. The van der Waals surface area contributed by atoms with E-state index in [2.05, 4.69) is 17.2 Å². The highest BCUT2D eigenvalue weighted by atomic mass is 32.2. The zero-order valence-corrected chi connectivity index (χ0v) is 10.3. The number of pyridine rings is 1. The molecule has 1 aromatic heterocycles. The molecule has 0 saturated heterocycles. The van der Waals surface area contributed by atoms with Crippen LogP contribution in [0, 0.1) is 0 Å². The van der Waals surface area contributed by atoms with Crippen LogP contribution in [0.25, 0.3) is 0 Å². The first-order chi connectivity index (χ1) is 7.31. The lowest BCUT2D eigenvalue weighted by Crippen LogP contribution is -2.19. The topological polar surface area (TPSA) is 34.2 Å². The molecule has 0 amide bonds. The predicted octanol–water partition coefficient (Wildman–Crippen LogP) is 2.10. The second-order valence-electron chi connectivity index (χ2n) is 3.16. The van der Waals surface area contributed by atoms with Crippen LogP contribution in [0.15, 0.2) is 18.5 Å². The number of rotatable bonds is 6. The van der Waals surface area contributed by atoms with E-state index in [9.17, 15) is 0 Å². The van der Waals surface area contributed by atoms with Gasteiger partial charge in [0.05, 0.1) is 13.3 Å². The lowest BCUT2D eigenvalue weighted by Gasteiger charge is -2.15. The molecule has 1 N–H and O–H groups in total. The van der Waals surface area contributed by atoms with Gasteiger partial charge in [0.1, 0.15) is 5.75 Å². The molecule has 1 aromatic rings. The van der Waals surface area contributed by atoms with Gasteiger partial charge < -0.3 is 10.1 Å². The number of hydrogen-bond acceptors (Lipinski definition) is 4. The molecule has 0 spiro atoms. The molecule has 1 unspecified atom stereocenters. The molecular formula is C11H18N2OS. The summed E-state index contributed by atoms with van der Waals surface area (Å²) in [4.78, 5) is 4.16. The van der Waals surface area contributed by atoms with Gasteiger partial charge in [-0.1, -0.05) is 6.92 Å². The highest BCUT2D eigenvalue weighted by Gasteiger charge is 2.09. The van der Waals surface area contributed by atoms with Gasteiger partial charge in [-0.05, 0) is 24.4 Å². The van der Waals surface area contributed by atoms with Crippen molar-refractivity contribution in [3.8, 4) is 5.75 Å². The minimum absolute atomic E-state index is 0.345. The van der Waals surface area contributed by atoms with E-state index in [1.165, 1.54) is 5.56 Å². The Hall–Kier alpha value is -0.740. The van der Waals surface area contributed by atoms with E-state index in [1.807, 2.05) is 31.1 Å². The molecule has 1 atom stereocenters. The van der Waals surface area contributed by atoms with Crippen LogP contribution in [-0.2, 0) is 0 Å². The van der Waals surface area contributed by atoms with Crippen LogP contribution in [0.5, 0.6) is 5.75 Å². The fourth-order valence-electron chi connectivity index (χ4n) is 1.32. The average molecular weight is 226 g/mol. The lowest BCUT2D eigenvalue weighted by molar-refractivity contribution is 0.411. The summed E-state index contributed by atoms with van der Waals surface area (Å²) in [7, 11) is 3.64. The number of hydrogen-bond donors (Lipinski definition) is 1. The van der Waals surface area contributed by atoms with Gasteiger partial charge in [-0.25, -0.2) is 0 Å². The van der Waals surface area contributed by atoms with Crippen molar-refractivity contribution in [3.63, 3.8) is 0 Å². The first-order valence-corrected chi connectivity index (χ1v) is 6.21. The monoisotopic (exact) mass is 226 g/mol. The molecule has 15 heavy (non-hydrogen) atoms. The third kappa shape index (κ3) is 3.72. The minimum Gasteiger partial charge on any atom is -0.495 e. The Morgan fingerprint density at radius 2 is 2.33 bits per heavy atom. The van der Waals surface area contributed by atoms with Gasteiger partial charge in [-0.15, -0.1) is 0 Å². The Balaban J connectivity index is 2.72. The van der Waals surface area contributed by atoms with Crippen LogP contribution in [0.1, 0.15) is 18.5 Å². The Bertz CT molecular complexity index is 294. The van der Waals surface area contributed by atoms with Crippen molar-refractivity contribution < 1.29 is 4.74 Å². The van der Waals surface area contributed by atoms with Crippen LogP contribution < -0.4 is 10.1 Å². The molecule has 84 valence electrons. The predicted molar refractivity (Wildman–Crippen MR) is 65.6 cm³/mol. The minimum atomic E-state index is 0.345. The van der Waals surface area contributed by atoms with Crippen LogP contribution >= 0.6 is 11.8 Å². The van der Waals surface area contributed by atoms with Gasteiger partial charge in [-0.2, -0.15) is 11.8 Å². The van der Waals surface area contributed by atoms with E-state index in [0.717, 1.165) is 17.3 Å². The second kappa shape index (κ2) is 6.69. The first-order valence-electron chi connectivity index (χ1n) is 5.05. The van der Waals surface area contributed by atoms with E-state index >= 15 is 0 Å². The van der Waals surface area contributed by atoms with Crippen molar-refractivity contribution in [3.05, 3.63) is 24.0 Å². The summed E-state index contributed by atoms with van der Waals surface area (Å²) in [5.74, 6) is 3.01. The summed E-state index contributed by atoms with van der Waals surface area (Å²) in [6.07, 6.45) is 3.61. The van der Waals surface area contributed by atoms with Crippen LogP contribution in [0.3, 0.4) is 0 Å². The average Bonchev–Trinajstić information content (AvgIpc) is 2.30. The number of ether oxygens (including phenoxy) is 1. The van der Waals surface area contributed by atoms with Crippen LogP contribution in [0.2, 0.25) is 0 Å². The quantitative estimate of drug-likeness (QED) is 0.805. The maximum absolute atomic E-state index is 5.16. The van der Waals surface area contributed by atoms with Crippen molar-refractivity contribution in [2.24, 2.45) is 0 Å². The van der Waals surface area contributed by atoms with Gasteiger partial charge in [0.15, 0.2) is 0 Å². The summed E-state index contributed by atoms with van der Waals surface area (Å²) in [5, 5.41) is 3.29. The molecule has 0 radical (unpaired) electrons. The molecule has 1 heterocycles. The number of methoxy groups -OCH3 is 1. The van der Waals surface area contributed by atoms with Gasteiger partial charge in [-0.3, -0.25) is 4.98 Å². The number of thioether (sulfide) groups is 1. The zero-order chi connectivity index (χ0) is 11.1. The van der Waals surface area contributed by atoms with E-state index in [4.69, 9.17) is 4.74 Å². The smallest absolute Gasteiger partial charge is 0.137 e. The molecule has 0 fully saturated rings. The number of aromatic nitrogens is 1. The Kier molecular flexibility index (Phi) is 5.50. The van der Waals surface area contributed by atoms with Crippen LogP contribution in [-0.4, -0.2) is 30.6 Å². The normalized spacial score (nSPS) is 12.5. The summed E-state index contributed by atoms with van der Waals surface area (Å²) in [5.41, 5.74) is 1.18. The summed E-state index contributed by atoms with van der Waals surface area (Å²) in [6.45, 7) is 2.17. The molecule has 0 aliphatic rings. The number of nitrogens with zero attached hydrogens (tertiary/aromatic N) is 1. The van der Waals surface area contributed by atoms with Gasteiger partial charge >= 0.3 is 0 Å². The maximum Gasteiger partial charge on any atom is 0.137 e. The van der Waals surface area contributed by atoms with Crippen LogP contribution in [0.4, 0.5) is 0 Å². The number of nitrogens with one attached hydrogen (secondary N) is 1. The second-order valence-corrected chi connectivity index (χ2v) is 4.48. The SMILES string of the molecule is CCSCC(NC)c1cncc(OC)c1. The molecular weight excluding hydrogens is 208 g/mol. The summed E-state index contributed by atoms with van der Waals surface area (Å²) >= 11 is 1.92. The highest BCUT2D eigenvalue weighted by Crippen LogP contribution is 2.20. The highest BCUT2D eigenvalue weighted by molar-refractivity contribution is 7.99. The van der Waals surface area contributed by atoms with Crippen molar-refractivity contribution >= 4 is 11.8 Å². The van der Waals surface area contributed by atoms with Crippen molar-refractivity contribution in [2.75, 3.05) is 25.7 Å². The summed E-state index contributed by atoms with van der Waals surface area (Å²) in [6, 6.07) is 2.38. The van der Waals surface area contributed by atoms with Crippen molar-refractivity contribution in [1.82, 2.24) is 10.3 Å². The van der Waals surface area contributed by atoms with E-state index in [0.29, 0.717) is 6.04 Å². The zero-order valence-electron chi connectivity index (χ0n) is 9.49. The Morgan fingerprint density at radius 3 is 2.93 bits per heavy atom. The maximum atomic E-state index is 5.16. The molecule has 0 aliphatic carbocycles. The molecule has 0 aromatic carbocycles. The standard InChI is InChI=1S/C11H18N2OS/c1-4-15-8-11(12-2)9-5-10(14-3)7-13-6-9/h5-7,11-12H,4,8H2,1-3H3. The fourth-order valence-corrected chi connectivity index (χ4v) is 2.15. The van der Waals surface area contributed by atoms with Crippen molar-refractivity contribution in [1.29, 1.82) is 0 Å². The molecule has 1 rings (SSSR count). The molecule has 0 saturated carbocycles. The molecule has 4 heteroatoms. The Morgan fingerprint density at radius 1 is 1.53 bits per heavy atom. The third-order valence-electron chi connectivity index (χ3n) is 2.21. The largest absolute Gasteiger partial charge is 0.495 e. The molecule has 0 aliphatic heterocycles. The van der Waals surface area contributed by atoms with E-state index in [-0.39, 0.29) is 0 Å². The van der Waals surface area contributed by atoms with Gasteiger partial charge in [0, 0.05) is 18.0 Å². The third-order valence-corrected chi connectivity index (χ3v) is 3.19. The Labute approximate surface area is 95.6 Å². The molecule has 3 nitrogen and oxygen atoms in total. The van der Waals surface area contributed by atoms with E-state index in [1.54, 1.807) is 13.3 Å². The van der Waals surface area contributed by atoms with Gasteiger partial charge in [0.2, 0.25) is 0 Å². The lowest BCUT2D eigenvalue weighted by atomic mass is 10.1. The molecule has 0 bridgehead atoms. The first kappa shape index (κ1) is 12.3.